The molecule has 0 N–H and O–H groups in total. The lowest BCUT2D eigenvalue weighted by molar-refractivity contribution is -0.117. The summed E-state index contributed by atoms with van der Waals surface area (Å²) in [4.78, 5) is 10.7. The highest BCUT2D eigenvalue weighted by Crippen LogP contribution is 2.22. The Labute approximate surface area is 98.8 Å². The van der Waals surface area contributed by atoms with Crippen molar-refractivity contribution in [1.29, 1.82) is 0 Å². The molecule has 0 aliphatic heterocycles. The number of aryl methyl sites for hydroxylation is 1. The van der Waals surface area contributed by atoms with Crippen LogP contribution in [0.4, 0.5) is 0 Å². The number of rotatable bonds is 5. The number of ketones is 1. The lowest BCUT2D eigenvalue weighted by atomic mass is 10.2. The Morgan fingerprint density at radius 1 is 1.47 bits per heavy atom. The van der Waals surface area contributed by atoms with Crippen LogP contribution < -0.4 is 4.74 Å². The summed E-state index contributed by atoms with van der Waals surface area (Å²) in [5, 5.41) is 0. The van der Waals surface area contributed by atoms with E-state index in [4.69, 9.17) is 4.74 Å². The van der Waals surface area contributed by atoms with Crippen LogP contribution in [0.3, 0.4) is 0 Å². The van der Waals surface area contributed by atoms with Crippen molar-refractivity contribution < 1.29 is 9.53 Å². The van der Waals surface area contributed by atoms with Gasteiger partial charge in [0, 0.05) is 10.9 Å². The van der Waals surface area contributed by atoms with Crippen molar-refractivity contribution in [2.75, 3.05) is 6.61 Å². The zero-order valence-corrected chi connectivity index (χ0v) is 10.6. The topological polar surface area (TPSA) is 26.3 Å². The van der Waals surface area contributed by atoms with E-state index in [0.29, 0.717) is 13.0 Å². The minimum atomic E-state index is 0.214. The molecule has 0 spiro atoms. The van der Waals surface area contributed by atoms with E-state index >= 15 is 0 Å². The number of Topliss-reactive ketones (excluding diaryl/α,β-unsaturated/α-hetero) is 1. The fourth-order valence-corrected chi connectivity index (χ4v) is 1.75. The summed E-state index contributed by atoms with van der Waals surface area (Å²) in [6.07, 6.45) is 1.38. The van der Waals surface area contributed by atoms with Crippen LogP contribution in [0, 0.1) is 6.92 Å². The van der Waals surface area contributed by atoms with Crippen LogP contribution in [0.1, 0.15) is 25.3 Å². The number of carbonyl (C=O) groups excluding carboxylic acids is 1. The van der Waals surface area contributed by atoms with Crippen molar-refractivity contribution in [2.24, 2.45) is 0 Å². The van der Waals surface area contributed by atoms with E-state index in [-0.39, 0.29) is 5.78 Å². The van der Waals surface area contributed by atoms with Gasteiger partial charge in [-0.15, -0.1) is 0 Å². The van der Waals surface area contributed by atoms with Gasteiger partial charge in [0.15, 0.2) is 0 Å². The number of halogens is 1. The SMILES string of the molecule is CC(=O)CCCOc1ccc(Br)cc1C. The summed E-state index contributed by atoms with van der Waals surface area (Å²) in [5.74, 6) is 1.10. The molecule has 2 nitrogen and oxygen atoms in total. The predicted molar refractivity (Wildman–Crippen MR) is 64.3 cm³/mol. The number of ether oxygens (including phenoxy) is 1. The highest BCUT2D eigenvalue weighted by molar-refractivity contribution is 9.10. The molecule has 1 aromatic rings. The first kappa shape index (κ1) is 12.2. The van der Waals surface area contributed by atoms with Crippen LogP contribution in [0.5, 0.6) is 5.75 Å². The van der Waals surface area contributed by atoms with Gasteiger partial charge in [-0.3, -0.25) is 0 Å². The van der Waals surface area contributed by atoms with Crippen molar-refractivity contribution in [3.8, 4) is 5.75 Å². The van der Waals surface area contributed by atoms with Gasteiger partial charge in [0.25, 0.3) is 0 Å². The molecule has 0 aromatic heterocycles. The van der Waals surface area contributed by atoms with Crippen molar-refractivity contribution in [1.82, 2.24) is 0 Å². The maximum absolute atomic E-state index is 10.7. The zero-order valence-electron chi connectivity index (χ0n) is 9.05. The molecule has 0 atom stereocenters. The monoisotopic (exact) mass is 270 g/mol. The summed E-state index contributed by atoms with van der Waals surface area (Å²) >= 11 is 3.40. The van der Waals surface area contributed by atoms with Gasteiger partial charge in [0.05, 0.1) is 6.61 Å². The van der Waals surface area contributed by atoms with Gasteiger partial charge in [-0.25, -0.2) is 0 Å². The summed E-state index contributed by atoms with van der Waals surface area (Å²) in [6.45, 7) is 4.21. The largest absolute Gasteiger partial charge is 0.493 e. The standard InChI is InChI=1S/C12H15BrO2/c1-9-8-11(13)5-6-12(9)15-7-3-4-10(2)14/h5-6,8H,3-4,7H2,1-2H3. The molecule has 82 valence electrons. The molecule has 0 unspecified atom stereocenters. The molecule has 0 heterocycles. The third kappa shape index (κ3) is 4.47. The first-order valence-corrected chi connectivity index (χ1v) is 5.77. The Hall–Kier alpha value is -0.830. The Morgan fingerprint density at radius 2 is 2.20 bits per heavy atom. The Kier molecular flexibility index (Phi) is 4.82. The Balaban J connectivity index is 2.40. The summed E-state index contributed by atoms with van der Waals surface area (Å²) in [6, 6.07) is 5.90. The first-order chi connectivity index (χ1) is 7.09. The Bertz CT molecular complexity index is 347. The molecule has 0 aliphatic carbocycles. The highest BCUT2D eigenvalue weighted by Gasteiger charge is 2.00. The van der Waals surface area contributed by atoms with Gasteiger partial charge in [-0.1, -0.05) is 15.9 Å². The van der Waals surface area contributed by atoms with E-state index in [1.165, 1.54) is 0 Å². The van der Waals surface area contributed by atoms with Gasteiger partial charge < -0.3 is 9.53 Å². The van der Waals surface area contributed by atoms with Crippen molar-refractivity contribution in [3.05, 3.63) is 28.2 Å². The molecule has 0 saturated heterocycles. The van der Waals surface area contributed by atoms with Gasteiger partial charge in [-0.05, 0) is 44.0 Å². The van der Waals surface area contributed by atoms with E-state index in [0.717, 1.165) is 22.2 Å². The van der Waals surface area contributed by atoms with Crippen molar-refractivity contribution >= 4 is 21.7 Å². The molecule has 3 heteroatoms. The minimum absolute atomic E-state index is 0.214. The average Bonchev–Trinajstić information content (AvgIpc) is 2.14. The minimum Gasteiger partial charge on any atom is -0.493 e. The molecule has 15 heavy (non-hydrogen) atoms. The molecule has 1 rings (SSSR count). The van der Waals surface area contributed by atoms with Crippen molar-refractivity contribution in [3.63, 3.8) is 0 Å². The van der Waals surface area contributed by atoms with Crippen LogP contribution in [-0.2, 0) is 4.79 Å². The van der Waals surface area contributed by atoms with Crippen molar-refractivity contribution in [2.45, 2.75) is 26.7 Å². The lowest BCUT2D eigenvalue weighted by Gasteiger charge is -2.08. The smallest absolute Gasteiger partial charge is 0.129 e. The molecule has 0 bridgehead atoms. The Morgan fingerprint density at radius 3 is 2.80 bits per heavy atom. The maximum atomic E-state index is 10.7. The third-order valence-corrected chi connectivity index (χ3v) is 2.56. The molecule has 0 amide bonds. The fraction of sp³-hybridized carbons (Fsp3) is 0.417. The quantitative estimate of drug-likeness (QED) is 0.766. The molecule has 1 aromatic carbocycles. The predicted octanol–water partition coefficient (Wildman–Crippen LogP) is 3.51. The second kappa shape index (κ2) is 5.91. The van der Waals surface area contributed by atoms with Crippen LogP contribution in [0.2, 0.25) is 0 Å². The normalized spacial score (nSPS) is 10.1. The van der Waals surface area contributed by atoms with Crippen LogP contribution in [0.15, 0.2) is 22.7 Å². The van der Waals surface area contributed by atoms with E-state index in [9.17, 15) is 4.79 Å². The first-order valence-electron chi connectivity index (χ1n) is 4.98. The molecular weight excluding hydrogens is 256 g/mol. The summed E-state index contributed by atoms with van der Waals surface area (Å²) < 4.78 is 6.62. The summed E-state index contributed by atoms with van der Waals surface area (Å²) in [7, 11) is 0. The van der Waals surface area contributed by atoms with Crippen LogP contribution >= 0.6 is 15.9 Å². The van der Waals surface area contributed by atoms with Crippen LogP contribution in [0.25, 0.3) is 0 Å². The van der Waals surface area contributed by atoms with E-state index in [2.05, 4.69) is 15.9 Å². The maximum Gasteiger partial charge on any atom is 0.129 e. The third-order valence-electron chi connectivity index (χ3n) is 2.07. The second-order valence-corrected chi connectivity index (χ2v) is 4.48. The number of carbonyl (C=O) groups is 1. The van der Waals surface area contributed by atoms with Gasteiger partial charge in [0.2, 0.25) is 0 Å². The highest BCUT2D eigenvalue weighted by atomic mass is 79.9. The lowest BCUT2D eigenvalue weighted by Crippen LogP contribution is -2.01. The zero-order chi connectivity index (χ0) is 11.3. The number of benzene rings is 1. The average molecular weight is 271 g/mol. The van der Waals surface area contributed by atoms with Gasteiger partial charge >= 0.3 is 0 Å². The molecule has 0 radical (unpaired) electrons. The van der Waals surface area contributed by atoms with E-state index in [1.807, 2.05) is 25.1 Å². The second-order valence-electron chi connectivity index (χ2n) is 3.56. The van der Waals surface area contributed by atoms with Gasteiger partial charge in [0.1, 0.15) is 11.5 Å². The fourth-order valence-electron chi connectivity index (χ4n) is 1.28. The van der Waals surface area contributed by atoms with Gasteiger partial charge in [-0.2, -0.15) is 0 Å². The molecule has 0 saturated carbocycles. The van der Waals surface area contributed by atoms with Crippen LogP contribution in [-0.4, -0.2) is 12.4 Å². The summed E-state index contributed by atoms with van der Waals surface area (Å²) in [5.41, 5.74) is 1.10. The van der Waals surface area contributed by atoms with E-state index < -0.39 is 0 Å². The number of hydrogen-bond acceptors (Lipinski definition) is 2. The number of hydrogen-bond donors (Lipinski definition) is 0. The molecule has 0 fully saturated rings. The molecular formula is C12H15BrO2. The van der Waals surface area contributed by atoms with E-state index in [1.54, 1.807) is 6.92 Å². The molecule has 0 aliphatic rings.